The number of fused-ring (bicyclic) bond motifs is 3. The quantitative estimate of drug-likeness (QED) is 0.489. The predicted molar refractivity (Wildman–Crippen MR) is 118 cm³/mol. The van der Waals surface area contributed by atoms with Crippen molar-refractivity contribution in [3.05, 3.63) is 53.2 Å². The van der Waals surface area contributed by atoms with E-state index in [1.54, 1.807) is 44.6 Å². The van der Waals surface area contributed by atoms with Crippen molar-refractivity contribution in [3.8, 4) is 17.0 Å². The molecular formula is C23H23F2N5O2. The van der Waals surface area contributed by atoms with Crippen LogP contribution in [0, 0.1) is 0 Å². The van der Waals surface area contributed by atoms with Gasteiger partial charge in [-0.05, 0) is 37.2 Å². The summed E-state index contributed by atoms with van der Waals surface area (Å²) in [7, 11) is 4.82. The van der Waals surface area contributed by atoms with Crippen molar-refractivity contribution < 1.29 is 13.5 Å². The first-order chi connectivity index (χ1) is 15.3. The molecular weight excluding hydrogens is 416 g/mol. The molecule has 3 aromatic heterocycles. The minimum absolute atomic E-state index is 0.189. The fourth-order valence-electron chi connectivity index (χ4n) is 4.58. The first-order valence-electron chi connectivity index (χ1n) is 10.4. The SMILES string of the molecule is COc1ccc(-c2ccc3ncc4c(c3c2)n(C2CCN(C)CC2(F)F)c(=O)n4C)cn1. The van der Waals surface area contributed by atoms with E-state index in [4.69, 9.17) is 4.74 Å². The molecule has 0 radical (unpaired) electrons. The monoisotopic (exact) mass is 439 g/mol. The fraction of sp³-hybridized carbons (Fsp3) is 0.348. The Morgan fingerprint density at radius 2 is 1.88 bits per heavy atom. The maximum atomic E-state index is 15.1. The van der Waals surface area contributed by atoms with E-state index in [0.29, 0.717) is 34.4 Å². The molecule has 5 rings (SSSR count). The van der Waals surface area contributed by atoms with Crippen LogP contribution in [0.1, 0.15) is 12.5 Å². The molecule has 0 spiro atoms. The lowest BCUT2D eigenvalue weighted by Crippen LogP contribution is -2.49. The topological polar surface area (TPSA) is 65.2 Å². The number of likely N-dealkylation sites (tertiary alicyclic amines) is 1. The Labute approximate surface area is 182 Å². The molecule has 7 nitrogen and oxygen atoms in total. The molecule has 9 heteroatoms. The molecule has 0 N–H and O–H groups in total. The van der Waals surface area contributed by atoms with Gasteiger partial charge >= 0.3 is 5.69 Å². The second-order valence-corrected chi connectivity index (χ2v) is 8.33. The van der Waals surface area contributed by atoms with Crippen LogP contribution in [0.15, 0.2) is 47.5 Å². The highest BCUT2D eigenvalue weighted by atomic mass is 19.3. The molecule has 0 saturated carbocycles. The number of halogens is 2. The van der Waals surface area contributed by atoms with Crippen LogP contribution in [-0.4, -0.2) is 57.2 Å². The Balaban J connectivity index is 1.76. The first-order valence-corrected chi connectivity index (χ1v) is 10.4. The van der Waals surface area contributed by atoms with Gasteiger partial charge in [-0.1, -0.05) is 6.07 Å². The minimum Gasteiger partial charge on any atom is -0.481 e. The van der Waals surface area contributed by atoms with Crippen molar-refractivity contribution in [2.75, 3.05) is 27.2 Å². The highest BCUT2D eigenvalue weighted by molar-refractivity contribution is 6.04. The van der Waals surface area contributed by atoms with Gasteiger partial charge in [0.05, 0.1) is 36.4 Å². The Bertz CT molecular complexity index is 1380. The molecule has 1 atom stereocenters. The lowest BCUT2D eigenvalue weighted by molar-refractivity contribution is -0.0977. The average molecular weight is 439 g/mol. The number of hydrogen-bond donors (Lipinski definition) is 0. The summed E-state index contributed by atoms with van der Waals surface area (Å²) < 4.78 is 38.0. The van der Waals surface area contributed by atoms with Crippen molar-refractivity contribution in [1.29, 1.82) is 0 Å². The van der Waals surface area contributed by atoms with Gasteiger partial charge < -0.3 is 9.64 Å². The van der Waals surface area contributed by atoms with Gasteiger partial charge in [0.25, 0.3) is 5.92 Å². The number of ether oxygens (including phenoxy) is 1. The average Bonchev–Trinajstić information content (AvgIpc) is 3.03. The third kappa shape index (κ3) is 3.15. The second-order valence-electron chi connectivity index (χ2n) is 8.33. The number of imidazole rings is 1. The molecule has 0 bridgehead atoms. The zero-order valence-electron chi connectivity index (χ0n) is 18.0. The minimum atomic E-state index is -3.03. The summed E-state index contributed by atoms with van der Waals surface area (Å²) in [6.07, 6.45) is 3.46. The molecule has 166 valence electrons. The van der Waals surface area contributed by atoms with E-state index in [1.807, 2.05) is 24.3 Å². The van der Waals surface area contributed by atoms with Gasteiger partial charge in [-0.2, -0.15) is 0 Å². The molecule has 1 aliphatic rings. The lowest BCUT2D eigenvalue weighted by atomic mass is 10.00. The van der Waals surface area contributed by atoms with Crippen LogP contribution in [0.2, 0.25) is 0 Å². The molecule has 0 aliphatic carbocycles. The second kappa shape index (κ2) is 7.37. The van der Waals surface area contributed by atoms with E-state index in [2.05, 4.69) is 9.97 Å². The van der Waals surface area contributed by atoms with Crippen LogP contribution in [0.5, 0.6) is 5.88 Å². The number of rotatable bonds is 3. The lowest BCUT2D eigenvalue weighted by Gasteiger charge is -2.37. The Hall–Kier alpha value is -3.33. The fourth-order valence-corrected chi connectivity index (χ4v) is 4.58. The maximum absolute atomic E-state index is 15.1. The number of methoxy groups -OCH3 is 1. The molecule has 1 saturated heterocycles. The first kappa shape index (κ1) is 20.6. The number of nitrogens with zero attached hydrogens (tertiary/aromatic N) is 5. The number of piperidine rings is 1. The van der Waals surface area contributed by atoms with E-state index >= 15 is 8.78 Å². The molecule has 1 unspecified atom stereocenters. The number of hydrogen-bond acceptors (Lipinski definition) is 5. The van der Waals surface area contributed by atoms with Gasteiger partial charge in [0.2, 0.25) is 5.88 Å². The van der Waals surface area contributed by atoms with Crippen LogP contribution in [0.4, 0.5) is 8.78 Å². The molecule has 4 heterocycles. The zero-order chi connectivity index (χ0) is 22.6. The van der Waals surface area contributed by atoms with Crippen molar-refractivity contribution in [2.24, 2.45) is 7.05 Å². The summed E-state index contributed by atoms with van der Waals surface area (Å²) in [6.45, 7) is 0.112. The molecule has 1 aromatic carbocycles. The number of aromatic nitrogens is 4. The summed E-state index contributed by atoms with van der Waals surface area (Å²) in [5, 5.41) is 0.656. The highest BCUT2D eigenvalue weighted by Gasteiger charge is 2.46. The van der Waals surface area contributed by atoms with Crippen LogP contribution in [0.25, 0.3) is 33.1 Å². The van der Waals surface area contributed by atoms with Crippen LogP contribution in [0.3, 0.4) is 0 Å². The van der Waals surface area contributed by atoms with E-state index in [0.717, 1.165) is 11.1 Å². The van der Waals surface area contributed by atoms with E-state index in [-0.39, 0.29) is 13.0 Å². The van der Waals surface area contributed by atoms with Crippen molar-refractivity contribution >= 4 is 21.9 Å². The highest BCUT2D eigenvalue weighted by Crippen LogP contribution is 2.39. The zero-order valence-corrected chi connectivity index (χ0v) is 18.0. The van der Waals surface area contributed by atoms with Crippen molar-refractivity contribution in [1.82, 2.24) is 24.0 Å². The Morgan fingerprint density at radius 1 is 1.09 bits per heavy atom. The third-order valence-electron chi connectivity index (χ3n) is 6.26. The number of alkyl halides is 2. The number of benzene rings is 1. The summed E-state index contributed by atoms with van der Waals surface area (Å²) >= 11 is 0. The summed E-state index contributed by atoms with van der Waals surface area (Å²) in [5.41, 5.74) is 2.89. The number of aryl methyl sites for hydroxylation is 1. The van der Waals surface area contributed by atoms with E-state index < -0.39 is 17.7 Å². The standard InChI is InChI=1S/C23H23F2N5O2/c1-28-9-8-19(23(24,25)13-28)30-21-16-10-14(15-5-7-20(32-3)27-11-15)4-6-17(16)26-12-18(21)29(2)22(30)31/h4-7,10-12,19H,8-9,13H2,1-3H3. The molecule has 0 amide bonds. The normalized spacial score (nSPS) is 19.0. The molecule has 1 aliphatic heterocycles. The van der Waals surface area contributed by atoms with Gasteiger partial charge in [-0.15, -0.1) is 0 Å². The molecule has 4 aromatic rings. The maximum Gasteiger partial charge on any atom is 0.329 e. The predicted octanol–water partition coefficient (Wildman–Crippen LogP) is 3.47. The van der Waals surface area contributed by atoms with Gasteiger partial charge in [0.1, 0.15) is 6.04 Å². The van der Waals surface area contributed by atoms with E-state index in [9.17, 15) is 4.79 Å². The van der Waals surface area contributed by atoms with Crippen molar-refractivity contribution in [2.45, 2.75) is 18.4 Å². The summed E-state index contributed by atoms with van der Waals surface area (Å²) in [6, 6.07) is 8.05. The summed E-state index contributed by atoms with van der Waals surface area (Å²) in [4.78, 5) is 23.5. The van der Waals surface area contributed by atoms with Gasteiger partial charge in [-0.25, -0.2) is 18.6 Å². The molecule has 32 heavy (non-hydrogen) atoms. The molecule has 1 fully saturated rings. The smallest absolute Gasteiger partial charge is 0.329 e. The Morgan fingerprint density at radius 3 is 2.56 bits per heavy atom. The van der Waals surface area contributed by atoms with Gasteiger partial charge in [0, 0.05) is 36.8 Å². The van der Waals surface area contributed by atoms with Crippen LogP contribution < -0.4 is 10.4 Å². The largest absolute Gasteiger partial charge is 0.481 e. The third-order valence-corrected chi connectivity index (χ3v) is 6.26. The van der Waals surface area contributed by atoms with E-state index in [1.165, 1.54) is 9.13 Å². The van der Waals surface area contributed by atoms with Crippen LogP contribution >= 0.6 is 0 Å². The summed E-state index contributed by atoms with van der Waals surface area (Å²) in [5.74, 6) is -2.53. The van der Waals surface area contributed by atoms with Crippen LogP contribution in [-0.2, 0) is 7.05 Å². The number of pyridine rings is 2. The van der Waals surface area contributed by atoms with Crippen molar-refractivity contribution in [3.63, 3.8) is 0 Å². The van der Waals surface area contributed by atoms with Gasteiger partial charge in [0.15, 0.2) is 0 Å². The van der Waals surface area contributed by atoms with Gasteiger partial charge in [-0.3, -0.25) is 14.1 Å². The Kier molecular flexibility index (Phi) is 4.74.